The number of nitrogens with zero attached hydrogens (tertiary/aromatic N) is 1. The second-order valence-corrected chi connectivity index (χ2v) is 4.31. The normalized spacial score (nSPS) is 10.2. The predicted octanol–water partition coefficient (Wildman–Crippen LogP) is 3.14. The second kappa shape index (κ2) is 5.14. The van der Waals surface area contributed by atoms with E-state index in [9.17, 15) is 4.39 Å². The first kappa shape index (κ1) is 11.9. The molecule has 0 atom stereocenters. The Morgan fingerprint density at radius 3 is 2.82 bits per heavy atom. The fraction of sp³-hybridized carbons (Fsp3) is 0.0833. The minimum atomic E-state index is -0.335. The number of pyridine rings is 1. The van der Waals surface area contributed by atoms with Crippen molar-refractivity contribution in [2.75, 3.05) is 5.73 Å². The Balaban J connectivity index is 2.07. The molecule has 88 valence electrons. The van der Waals surface area contributed by atoms with Gasteiger partial charge in [-0.3, -0.25) is 0 Å². The van der Waals surface area contributed by atoms with Crippen molar-refractivity contribution in [3.8, 4) is 5.75 Å². The Bertz CT molecular complexity index is 516. The lowest BCUT2D eigenvalue weighted by Gasteiger charge is -2.08. The number of anilines is 1. The third kappa shape index (κ3) is 3.17. The number of nitrogen functional groups attached to an aromatic ring is 1. The number of halogens is 2. The van der Waals surface area contributed by atoms with E-state index in [-0.39, 0.29) is 5.82 Å². The summed E-state index contributed by atoms with van der Waals surface area (Å²) < 4.78 is 19.2. The molecule has 0 spiro atoms. The molecule has 2 aromatic rings. The van der Waals surface area contributed by atoms with Crippen LogP contribution in [0.5, 0.6) is 5.75 Å². The predicted molar refractivity (Wildman–Crippen MR) is 67.1 cm³/mol. The Morgan fingerprint density at radius 2 is 2.12 bits per heavy atom. The smallest absolute Gasteiger partial charge is 0.136 e. The highest BCUT2D eigenvalue weighted by molar-refractivity contribution is 9.10. The quantitative estimate of drug-likeness (QED) is 0.946. The van der Waals surface area contributed by atoms with Crippen LogP contribution in [0.4, 0.5) is 10.2 Å². The average molecular weight is 297 g/mol. The molecule has 0 fully saturated rings. The molecule has 0 bridgehead atoms. The van der Waals surface area contributed by atoms with Crippen molar-refractivity contribution in [1.82, 2.24) is 4.98 Å². The van der Waals surface area contributed by atoms with E-state index in [0.717, 1.165) is 5.56 Å². The Labute approximate surface area is 107 Å². The zero-order valence-electron chi connectivity index (χ0n) is 8.86. The van der Waals surface area contributed by atoms with Crippen LogP contribution in [0.15, 0.2) is 41.0 Å². The number of nitrogens with two attached hydrogens (primary N) is 1. The van der Waals surface area contributed by atoms with Crippen LogP contribution in [0.3, 0.4) is 0 Å². The number of hydrogen-bond donors (Lipinski definition) is 1. The van der Waals surface area contributed by atoms with Gasteiger partial charge in [0.2, 0.25) is 0 Å². The van der Waals surface area contributed by atoms with E-state index >= 15 is 0 Å². The van der Waals surface area contributed by atoms with Gasteiger partial charge in [-0.1, -0.05) is 6.07 Å². The molecule has 0 unspecified atom stereocenters. The highest BCUT2D eigenvalue weighted by Crippen LogP contribution is 2.26. The van der Waals surface area contributed by atoms with Crippen LogP contribution >= 0.6 is 15.9 Å². The Hall–Kier alpha value is -1.62. The van der Waals surface area contributed by atoms with Crippen molar-refractivity contribution in [2.45, 2.75) is 6.61 Å². The van der Waals surface area contributed by atoms with E-state index in [1.165, 1.54) is 12.1 Å². The Kier molecular flexibility index (Phi) is 3.58. The first-order chi connectivity index (χ1) is 8.15. The van der Waals surface area contributed by atoms with Crippen molar-refractivity contribution >= 4 is 21.7 Å². The van der Waals surface area contributed by atoms with Gasteiger partial charge in [-0.25, -0.2) is 9.37 Å². The van der Waals surface area contributed by atoms with Crippen molar-refractivity contribution in [1.29, 1.82) is 0 Å². The molecule has 2 N–H and O–H groups in total. The molecule has 17 heavy (non-hydrogen) atoms. The van der Waals surface area contributed by atoms with Gasteiger partial charge in [-0.2, -0.15) is 0 Å². The van der Waals surface area contributed by atoms with Crippen molar-refractivity contribution in [3.05, 3.63) is 52.4 Å². The lowest BCUT2D eigenvalue weighted by Crippen LogP contribution is -1.98. The highest BCUT2D eigenvalue weighted by Gasteiger charge is 2.03. The Morgan fingerprint density at radius 1 is 1.29 bits per heavy atom. The fourth-order valence-electron chi connectivity index (χ4n) is 1.27. The summed E-state index contributed by atoms with van der Waals surface area (Å²) in [6.45, 7) is 0.315. The van der Waals surface area contributed by atoms with Crippen molar-refractivity contribution in [3.63, 3.8) is 0 Å². The molecule has 0 radical (unpaired) electrons. The molecule has 1 aromatic carbocycles. The van der Waals surface area contributed by atoms with Gasteiger partial charge in [0.25, 0.3) is 0 Å². The van der Waals surface area contributed by atoms with E-state index in [4.69, 9.17) is 10.5 Å². The number of ether oxygens (including phenoxy) is 1. The molecule has 0 saturated carbocycles. The fourth-order valence-corrected chi connectivity index (χ4v) is 1.63. The van der Waals surface area contributed by atoms with E-state index < -0.39 is 0 Å². The first-order valence-electron chi connectivity index (χ1n) is 4.93. The van der Waals surface area contributed by atoms with Gasteiger partial charge in [0, 0.05) is 17.8 Å². The maximum absolute atomic E-state index is 13.0. The third-order valence-electron chi connectivity index (χ3n) is 2.14. The molecule has 0 aliphatic rings. The van der Waals surface area contributed by atoms with Crippen LogP contribution in [0.1, 0.15) is 5.56 Å². The lowest BCUT2D eigenvalue weighted by atomic mass is 10.3. The van der Waals surface area contributed by atoms with Gasteiger partial charge in [0.05, 0.1) is 4.47 Å². The van der Waals surface area contributed by atoms with Crippen LogP contribution in [-0.4, -0.2) is 4.98 Å². The monoisotopic (exact) mass is 296 g/mol. The number of aromatic nitrogens is 1. The zero-order valence-corrected chi connectivity index (χ0v) is 10.4. The zero-order chi connectivity index (χ0) is 12.3. The molecule has 3 nitrogen and oxygen atoms in total. The molecule has 0 saturated heterocycles. The second-order valence-electron chi connectivity index (χ2n) is 3.45. The van der Waals surface area contributed by atoms with E-state index in [2.05, 4.69) is 20.9 Å². The maximum atomic E-state index is 13.0. The van der Waals surface area contributed by atoms with Crippen LogP contribution in [0.25, 0.3) is 0 Å². The molecule has 1 heterocycles. The standard InChI is InChI=1S/C12H10BrFN2O/c13-10-3-2-9(14)5-11(10)17-7-8-1-4-12(15)16-6-8/h1-6H,7H2,(H2,15,16). The molecule has 5 heteroatoms. The summed E-state index contributed by atoms with van der Waals surface area (Å²) >= 11 is 3.29. The SMILES string of the molecule is Nc1ccc(COc2cc(F)ccc2Br)cn1. The molecule has 0 aliphatic carbocycles. The van der Waals surface area contributed by atoms with Gasteiger partial charge in [0.15, 0.2) is 0 Å². The van der Waals surface area contributed by atoms with Gasteiger partial charge >= 0.3 is 0 Å². The van der Waals surface area contributed by atoms with Crippen LogP contribution in [0.2, 0.25) is 0 Å². The number of hydrogen-bond acceptors (Lipinski definition) is 3. The van der Waals surface area contributed by atoms with Gasteiger partial charge < -0.3 is 10.5 Å². The molecular formula is C12H10BrFN2O. The molecular weight excluding hydrogens is 287 g/mol. The van der Waals surface area contributed by atoms with Crippen LogP contribution in [-0.2, 0) is 6.61 Å². The molecule has 0 aliphatic heterocycles. The highest BCUT2D eigenvalue weighted by atomic mass is 79.9. The van der Waals surface area contributed by atoms with E-state index in [1.54, 1.807) is 18.3 Å². The molecule has 1 aromatic heterocycles. The summed E-state index contributed by atoms with van der Waals surface area (Å²) in [5, 5.41) is 0. The van der Waals surface area contributed by atoms with Gasteiger partial charge in [-0.05, 0) is 34.1 Å². The summed E-state index contributed by atoms with van der Waals surface area (Å²) in [7, 11) is 0. The minimum absolute atomic E-state index is 0.315. The number of benzene rings is 1. The molecule has 2 rings (SSSR count). The van der Waals surface area contributed by atoms with Crippen molar-refractivity contribution in [2.24, 2.45) is 0 Å². The average Bonchev–Trinajstić information content (AvgIpc) is 2.32. The molecule has 0 amide bonds. The summed E-state index contributed by atoms with van der Waals surface area (Å²) in [6.07, 6.45) is 1.63. The largest absolute Gasteiger partial charge is 0.488 e. The summed E-state index contributed by atoms with van der Waals surface area (Å²) in [4.78, 5) is 3.94. The van der Waals surface area contributed by atoms with Crippen LogP contribution in [0, 0.1) is 5.82 Å². The van der Waals surface area contributed by atoms with Crippen LogP contribution < -0.4 is 10.5 Å². The lowest BCUT2D eigenvalue weighted by molar-refractivity contribution is 0.302. The van der Waals surface area contributed by atoms with Crippen molar-refractivity contribution < 1.29 is 9.13 Å². The summed E-state index contributed by atoms with van der Waals surface area (Å²) in [5.74, 6) is 0.584. The first-order valence-corrected chi connectivity index (χ1v) is 5.73. The topological polar surface area (TPSA) is 48.1 Å². The summed E-state index contributed by atoms with van der Waals surface area (Å²) in [5.41, 5.74) is 6.34. The van der Waals surface area contributed by atoms with Gasteiger partial charge in [0.1, 0.15) is 24.0 Å². The van der Waals surface area contributed by atoms with E-state index in [1.807, 2.05) is 6.07 Å². The van der Waals surface area contributed by atoms with E-state index in [0.29, 0.717) is 22.6 Å². The minimum Gasteiger partial charge on any atom is -0.488 e. The third-order valence-corrected chi connectivity index (χ3v) is 2.79. The summed E-state index contributed by atoms with van der Waals surface area (Å²) in [6, 6.07) is 7.80. The number of rotatable bonds is 3. The van der Waals surface area contributed by atoms with Gasteiger partial charge in [-0.15, -0.1) is 0 Å². The maximum Gasteiger partial charge on any atom is 0.136 e.